The minimum atomic E-state index is 0.472. The maximum atomic E-state index is 5.82. The van der Waals surface area contributed by atoms with Crippen molar-refractivity contribution in [3.8, 4) is 0 Å². The zero-order valence-electron chi connectivity index (χ0n) is 11.6. The van der Waals surface area contributed by atoms with E-state index in [-0.39, 0.29) is 0 Å². The van der Waals surface area contributed by atoms with E-state index in [1.807, 2.05) is 13.8 Å². The number of anilines is 1. The third kappa shape index (κ3) is 3.47. The van der Waals surface area contributed by atoms with E-state index in [4.69, 9.17) is 4.84 Å². The van der Waals surface area contributed by atoms with Gasteiger partial charge >= 0.3 is 0 Å². The first-order valence-electron chi connectivity index (χ1n) is 6.83. The molecule has 1 unspecified atom stereocenters. The van der Waals surface area contributed by atoms with Crippen molar-refractivity contribution in [2.24, 2.45) is 0 Å². The molecule has 0 amide bonds. The third-order valence-electron chi connectivity index (χ3n) is 2.87. The summed E-state index contributed by atoms with van der Waals surface area (Å²) in [6.07, 6.45) is 3.41. The molecule has 0 bridgehead atoms. The summed E-state index contributed by atoms with van der Waals surface area (Å²) >= 11 is 0. The average molecular weight is 235 g/mol. The smallest absolute Gasteiger partial charge is 0.0748 e. The number of benzene rings is 1. The number of hydrogen-bond acceptors (Lipinski definition) is 2. The van der Waals surface area contributed by atoms with Crippen LogP contribution >= 0.6 is 0 Å². The molecule has 17 heavy (non-hydrogen) atoms. The largest absolute Gasteiger partial charge is 0.273 e. The SMILES string of the molecule is CC.CCCCON1c2ccccc2CC1C. The maximum Gasteiger partial charge on any atom is 0.0748 e. The van der Waals surface area contributed by atoms with Crippen LogP contribution in [-0.2, 0) is 11.3 Å². The standard InChI is InChI=1S/C13H19NO.C2H6/c1-3-4-9-15-14-11(2)10-12-7-5-6-8-13(12)14;1-2/h5-8,11H,3-4,9-10H2,1-2H3;1-2H3. The zero-order chi connectivity index (χ0) is 12.7. The van der Waals surface area contributed by atoms with Gasteiger partial charge in [-0.1, -0.05) is 45.4 Å². The van der Waals surface area contributed by atoms with Crippen LogP contribution in [0.5, 0.6) is 0 Å². The van der Waals surface area contributed by atoms with Crippen LogP contribution in [0.15, 0.2) is 24.3 Å². The van der Waals surface area contributed by atoms with E-state index in [2.05, 4.69) is 43.2 Å². The second kappa shape index (κ2) is 7.33. The molecule has 0 aliphatic carbocycles. The molecule has 0 aromatic heterocycles. The third-order valence-corrected chi connectivity index (χ3v) is 2.87. The number of hydroxylamine groups is 1. The number of para-hydroxylation sites is 1. The Labute approximate surface area is 106 Å². The fourth-order valence-corrected chi connectivity index (χ4v) is 2.04. The second-order valence-corrected chi connectivity index (χ2v) is 4.19. The molecule has 0 spiro atoms. The number of nitrogens with zero attached hydrogens (tertiary/aromatic N) is 1. The van der Waals surface area contributed by atoms with Gasteiger partial charge in [0, 0.05) is 0 Å². The summed E-state index contributed by atoms with van der Waals surface area (Å²) in [4.78, 5) is 5.82. The van der Waals surface area contributed by atoms with Gasteiger partial charge in [0.05, 0.1) is 18.3 Å². The van der Waals surface area contributed by atoms with Gasteiger partial charge in [-0.2, -0.15) is 0 Å². The highest BCUT2D eigenvalue weighted by Gasteiger charge is 2.25. The van der Waals surface area contributed by atoms with Crippen molar-refractivity contribution in [2.45, 2.75) is 53.0 Å². The van der Waals surface area contributed by atoms with Gasteiger partial charge in [-0.15, -0.1) is 0 Å². The van der Waals surface area contributed by atoms with Crippen molar-refractivity contribution in [3.05, 3.63) is 29.8 Å². The molecule has 0 fully saturated rings. The number of rotatable bonds is 4. The Bertz CT molecular complexity index is 324. The Hall–Kier alpha value is -1.02. The number of fused-ring (bicyclic) bond motifs is 1. The van der Waals surface area contributed by atoms with Crippen LogP contribution in [0.4, 0.5) is 5.69 Å². The van der Waals surface area contributed by atoms with Crippen LogP contribution in [0, 0.1) is 0 Å². The van der Waals surface area contributed by atoms with Crippen LogP contribution in [0.3, 0.4) is 0 Å². The molecule has 0 saturated heterocycles. The monoisotopic (exact) mass is 235 g/mol. The van der Waals surface area contributed by atoms with Gasteiger partial charge in [0.2, 0.25) is 0 Å². The van der Waals surface area contributed by atoms with Crippen molar-refractivity contribution in [2.75, 3.05) is 11.7 Å². The van der Waals surface area contributed by atoms with E-state index in [0.717, 1.165) is 19.4 Å². The van der Waals surface area contributed by atoms with Gasteiger partial charge < -0.3 is 0 Å². The summed E-state index contributed by atoms with van der Waals surface area (Å²) in [7, 11) is 0. The van der Waals surface area contributed by atoms with E-state index in [1.54, 1.807) is 0 Å². The lowest BCUT2D eigenvalue weighted by atomic mass is 10.1. The molecule has 2 nitrogen and oxygen atoms in total. The van der Waals surface area contributed by atoms with Gasteiger partial charge in [0.15, 0.2) is 0 Å². The van der Waals surface area contributed by atoms with Gasteiger partial charge in [0.1, 0.15) is 0 Å². The molecular formula is C15H25NO. The zero-order valence-corrected chi connectivity index (χ0v) is 11.6. The summed E-state index contributed by atoms with van der Waals surface area (Å²) in [6, 6.07) is 8.98. The molecule has 0 N–H and O–H groups in total. The van der Waals surface area contributed by atoms with Crippen LogP contribution in [0.25, 0.3) is 0 Å². The normalized spacial score (nSPS) is 17.4. The van der Waals surface area contributed by atoms with Gasteiger partial charge in [0.25, 0.3) is 0 Å². The Morgan fingerprint density at radius 3 is 2.71 bits per heavy atom. The van der Waals surface area contributed by atoms with Crippen LogP contribution in [-0.4, -0.2) is 12.6 Å². The highest BCUT2D eigenvalue weighted by molar-refractivity contribution is 5.56. The molecule has 1 aromatic rings. The summed E-state index contributed by atoms with van der Waals surface area (Å²) in [5.41, 5.74) is 2.66. The molecule has 0 saturated carbocycles. The molecule has 1 aromatic carbocycles. The molecule has 1 aliphatic rings. The maximum absolute atomic E-state index is 5.82. The van der Waals surface area contributed by atoms with Crippen LogP contribution < -0.4 is 5.06 Å². The Morgan fingerprint density at radius 2 is 2.00 bits per heavy atom. The van der Waals surface area contributed by atoms with Gasteiger partial charge in [-0.3, -0.25) is 9.90 Å². The van der Waals surface area contributed by atoms with Crippen molar-refractivity contribution in [1.82, 2.24) is 0 Å². The Morgan fingerprint density at radius 1 is 1.29 bits per heavy atom. The average Bonchev–Trinajstić information content (AvgIpc) is 2.69. The van der Waals surface area contributed by atoms with E-state index < -0.39 is 0 Å². The molecule has 1 atom stereocenters. The molecule has 1 heterocycles. The van der Waals surface area contributed by atoms with E-state index in [9.17, 15) is 0 Å². The van der Waals surface area contributed by atoms with E-state index >= 15 is 0 Å². The van der Waals surface area contributed by atoms with Crippen LogP contribution in [0.2, 0.25) is 0 Å². The summed E-state index contributed by atoms with van der Waals surface area (Å²) in [6.45, 7) is 9.23. The Balaban J connectivity index is 0.000000686. The van der Waals surface area contributed by atoms with Crippen LogP contribution in [0.1, 0.15) is 46.1 Å². The van der Waals surface area contributed by atoms with Crippen molar-refractivity contribution >= 4 is 5.69 Å². The quantitative estimate of drug-likeness (QED) is 0.725. The minimum Gasteiger partial charge on any atom is -0.273 e. The number of hydrogen-bond donors (Lipinski definition) is 0. The second-order valence-electron chi connectivity index (χ2n) is 4.19. The Kier molecular flexibility index (Phi) is 6.06. The lowest BCUT2D eigenvalue weighted by Crippen LogP contribution is -2.29. The highest BCUT2D eigenvalue weighted by Crippen LogP contribution is 2.31. The minimum absolute atomic E-state index is 0.472. The van der Waals surface area contributed by atoms with Crippen molar-refractivity contribution in [3.63, 3.8) is 0 Å². The first-order chi connectivity index (χ1) is 8.33. The first kappa shape index (κ1) is 14.0. The fourth-order valence-electron chi connectivity index (χ4n) is 2.04. The molecule has 1 aliphatic heterocycles. The first-order valence-corrected chi connectivity index (χ1v) is 6.83. The van der Waals surface area contributed by atoms with E-state index in [0.29, 0.717) is 6.04 Å². The van der Waals surface area contributed by atoms with Crippen molar-refractivity contribution < 1.29 is 4.84 Å². The molecule has 2 heteroatoms. The van der Waals surface area contributed by atoms with E-state index in [1.165, 1.54) is 17.7 Å². The highest BCUT2D eigenvalue weighted by atomic mass is 16.7. The summed E-state index contributed by atoms with van der Waals surface area (Å²) in [5, 5.41) is 2.07. The molecule has 2 rings (SSSR count). The molecular weight excluding hydrogens is 210 g/mol. The fraction of sp³-hybridized carbons (Fsp3) is 0.600. The predicted octanol–water partition coefficient (Wildman–Crippen LogP) is 4.20. The lowest BCUT2D eigenvalue weighted by Gasteiger charge is -2.23. The summed E-state index contributed by atoms with van der Waals surface area (Å²) in [5.74, 6) is 0. The summed E-state index contributed by atoms with van der Waals surface area (Å²) < 4.78 is 0. The molecule has 0 radical (unpaired) electrons. The van der Waals surface area contributed by atoms with Gasteiger partial charge in [-0.25, -0.2) is 0 Å². The predicted molar refractivity (Wildman–Crippen MR) is 74.3 cm³/mol. The molecule has 96 valence electrons. The topological polar surface area (TPSA) is 12.5 Å². The number of unbranched alkanes of at least 4 members (excludes halogenated alkanes) is 1. The van der Waals surface area contributed by atoms with Gasteiger partial charge in [-0.05, 0) is 31.4 Å². The van der Waals surface area contributed by atoms with Crippen molar-refractivity contribution in [1.29, 1.82) is 0 Å². The lowest BCUT2D eigenvalue weighted by molar-refractivity contribution is 0.0932.